The number of carbonyl (C=O) groups is 1. The van der Waals surface area contributed by atoms with E-state index in [2.05, 4.69) is 10.3 Å². The summed E-state index contributed by atoms with van der Waals surface area (Å²) >= 11 is 0. The number of hydrogen-bond acceptors (Lipinski definition) is 4. The number of hydrogen-bond donors (Lipinski definition) is 1. The zero-order valence-electron chi connectivity index (χ0n) is 14.2. The number of aryl methyl sites for hydroxylation is 2. The molecule has 25 heavy (non-hydrogen) atoms. The van der Waals surface area contributed by atoms with E-state index in [0.717, 1.165) is 17.0 Å². The van der Waals surface area contributed by atoms with Crippen LogP contribution in [-0.4, -0.2) is 22.0 Å². The number of nitrogens with one attached hydrogen (secondary N) is 1. The number of benzene rings is 1. The summed E-state index contributed by atoms with van der Waals surface area (Å²) in [6.45, 7) is 2.30. The van der Waals surface area contributed by atoms with Crippen LogP contribution in [0.1, 0.15) is 21.8 Å². The van der Waals surface area contributed by atoms with E-state index in [1.54, 1.807) is 7.05 Å². The second-order valence-electron chi connectivity index (χ2n) is 5.76. The highest BCUT2D eigenvalue weighted by molar-refractivity contribution is 5.93. The molecular weight excluding hydrogens is 318 g/mol. The molecule has 1 N–H and O–H groups in total. The lowest BCUT2D eigenvalue weighted by molar-refractivity contribution is 0.0953. The maximum Gasteiger partial charge on any atom is 0.252 e. The van der Waals surface area contributed by atoms with Gasteiger partial charge in [-0.2, -0.15) is 0 Å². The molecule has 2 aromatic heterocycles. The van der Waals surface area contributed by atoms with Gasteiger partial charge in [0.1, 0.15) is 5.76 Å². The quantitative estimate of drug-likeness (QED) is 0.775. The summed E-state index contributed by atoms with van der Waals surface area (Å²) in [7, 11) is 1.61. The second-order valence-corrected chi connectivity index (χ2v) is 5.76. The van der Waals surface area contributed by atoms with Gasteiger partial charge in [-0.25, -0.2) is 4.98 Å². The first-order valence-electron chi connectivity index (χ1n) is 8.01. The zero-order valence-corrected chi connectivity index (χ0v) is 14.2. The summed E-state index contributed by atoms with van der Waals surface area (Å²) in [6, 6.07) is 12.6. The second kappa shape index (κ2) is 7.17. The fourth-order valence-electron chi connectivity index (χ4n) is 2.49. The van der Waals surface area contributed by atoms with Gasteiger partial charge in [-0.3, -0.25) is 9.59 Å². The Morgan fingerprint density at radius 2 is 1.96 bits per heavy atom. The van der Waals surface area contributed by atoms with E-state index in [1.165, 1.54) is 22.9 Å². The average Bonchev–Trinajstić information content (AvgIpc) is 2.99. The fraction of sp³-hybridized carbons (Fsp3) is 0.211. The van der Waals surface area contributed by atoms with Crippen molar-refractivity contribution >= 4 is 5.91 Å². The Morgan fingerprint density at radius 3 is 2.68 bits per heavy atom. The molecule has 0 unspecified atom stereocenters. The van der Waals surface area contributed by atoms with Crippen molar-refractivity contribution in [2.24, 2.45) is 7.05 Å². The van der Waals surface area contributed by atoms with Crippen LogP contribution in [0.4, 0.5) is 0 Å². The molecule has 6 heteroatoms. The van der Waals surface area contributed by atoms with Gasteiger partial charge in [0.2, 0.25) is 11.4 Å². The lowest BCUT2D eigenvalue weighted by Gasteiger charge is -2.05. The third kappa shape index (κ3) is 3.85. The Kier molecular flexibility index (Phi) is 4.79. The van der Waals surface area contributed by atoms with Crippen molar-refractivity contribution in [3.8, 4) is 11.5 Å². The molecule has 0 bridgehead atoms. The van der Waals surface area contributed by atoms with Gasteiger partial charge in [-0.1, -0.05) is 18.2 Å². The molecule has 0 saturated carbocycles. The van der Waals surface area contributed by atoms with Gasteiger partial charge in [-0.05, 0) is 25.1 Å². The van der Waals surface area contributed by atoms with Crippen LogP contribution >= 0.6 is 0 Å². The van der Waals surface area contributed by atoms with Crippen molar-refractivity contribution in [2.75, 3.05) is 6.54 Å². The lowest BCUT2D eigenvalue weighted by atomic mass is 10.2. The zero-order chi connectivity index (χ0) is 17.8. The van der Waals surface area contributed by atoms with Gasteiger partial charge in [0.15, 0.2) is 0 Å². The first kappa shape index (κ1) is 16.7. The van der Waals surface area contributed by atoms with E-state index in [1.807, 2.05) is 37.3 Å². The molecule has 0 radical (unpaired) electrons. The van der Waals surface area contributed by atoms with Gasteiger partial charge in [0.25, 0.3) is 5.91 Å². The van der Waals surface area contributed by atoms with Gasteiger partial charge in [0, 0.05) is 37.8 Å². The van der Waals surface area contributed by atoms with E-state index >= 15 is 0 Å². The normalized spacial score (nSPS) is 10.6. The smallest absolute Gasteiger partial charge is 0.252 e. The SMILES string of the molecule is Cc1oc(-c2ccccc2)nc1CCNC(=O)c1ccc(=O)n(C)c1. The number of nitrogens with zero attached hydrogens (tertiary/aromatic N) is 2. The van der Waals surface area contributed by atoms with Gasteiger partial charge in [0.05, 0.1) is 11.3 Å². The molecule has 0 fully saturated rings. The summed E-state index contributed by atoms with van der Waals surface area (Å²) < 4.78 is 7.09. The number of amides is 1. The van der Waals surface area contributed by atoms with Crippen molar-refractivity contribution in [1.29, 1.82) is 0 Å². The standard InChI is InChI=1S/C19H19N3O3/c1-13-16(21-19(25-13)14-6-4-3-5-7-14)10-11-20-18(24)15-8-9-17(23)22(2)12-15/h3-9,12H,10-11H2,1-2H3,(H,20,24). The Bertz CT molecular complexity index is 942. The van der Waals surface area contributed by atoms with Crippen LogP contribution in [0.15, 0.2) is 57.9 Å². The predicted molar refractivity (Wildman–Crippen MR) is 94.4 cm³/mol. The molecule has 0 aliphatic rings. The number of pyridine rings is 1. The van der Waals surface area contributed by atoms with Crippen LogP contribution in [0.2, 0.25) is 0 Å². The summed E-state index contributed by atoms with van der Waals surface area (Å²) in [5.74, 6) is 1.10. The van der Waals surface area contributed by atoms with Gasteiger partial charge < -0.3 is 14.3 Å². The molecule has 0 spiro atoms. The molecule has 128 valence electrons. The number of carbonyl (C=O) groups excluding carboxylic acids is 1. The molecule has 2 heterocycles. The fourth-order valence-corrected chi connectivity index (χ4v) is 2.49. The summed E-state index contributed by atoms with van der Waals surface area (Å²) in [4.78, 5) is 28.0. The largest absolute Gasteiger partial charge is 0.441 e. The van der Waals surface area contributed by atoms with Crippen LogP contribution in [-0.2, 0) is 13.5 Å². The molecule has 0 atom stereocenters. The summed E-state index contributed by atoms with van der Waals surface area (Å²) in [5, 5.41) is 2.83. The highest BCUT2D eigenvalue weighted by Crippen LogP contribution is 2.21. The van der Waals surface area contributed by atoms with Crippen molar-refractivity contribution in [2.45, 2.75) is 13.3 Å². The monoisotopic (exact) mass is 337 g/mol. The first-order chi connectivity index (χ1) is 12.0. The van der Waals surface area contributed by atoms with Crippen LogP contribution in [0.5, 0.6) is 0 Å². The number of rotatable bonds is 5. The van der Waals surface area contributed by atoms with Crippen molar-refractivity contribution in [3.63, 3.8) is 0 Å². The summed E-state index contributed by atoms with van der Waals surface area (Å²) in [5.41, 5.74) is 2.04. The Hall–Kier alpha value is -3.15. The predicted octanol–water partition coefficient (Wildman–Crippen LogP) is 2.32. The van der Waals surface area contributed by atoms with Gasteiger partial charge >= 0.3 is 0 Å². The lowest BCUT2D eigenvalue weighted by Crippen LogP contribution is -2.27. The van der Waals surface area contributed by atoms with Crippen molar-refractivity contribution < 1.29 is 9.21 Å². The van der Waals surface area contributed by atoms with Crippen LogP contribution in [0.3, 0.4) is 0 Å². The molecule has 1 aromatic carbocycles. The number of oxazole rings is 1. The molecule has 0 aliphatic heterocycles. The van der Waals surface area contributed by atoms with Crippen LogP contribution in [0.25, 0.3) is 11.5 Å². The highest BCUT2D eigenvalue weighted by atomic mass is 16.4. The molecule has 1 amide bonds. The van der Waals surface area contributed by atoms with E-state index in [-0.39, 0.29) is 11.5 Å². The molecular formula is C19H19N3O3. The number of aromatic nitrogens is 2. The molecule has 0 aliphatic carbocycles. The third-order valence-electron chi connectivity index (χ3n) is 3.91. The Balaban J connectivity index is 1.62. The molecule has 0 saturated heterocycles. The van der Waals surface area contributed by atoms with Crippen LogP contribution < -0.4 is 10.9 Å². The third-order valence-corrected chi connectivity index (χ3v) is 3.91. The average molecular weight is 337 g/mol. The van der Waals surface area contributed by atoms with E-state index in [4.69, 9.17) is 4.42 Å². The summed E-state index contributed by atoms with van der Waals surface area (Å²) in [6.07, 6.45) is 2.09. The maximum absolute atomic E-state index is 12.1. The Labute approximate surface area is 145 Å². The first-order valence-corrected chi connectivity index (χ1v) is 8.01. The van der Waals surface area contributed by atoms with Crippen LogP contribution in [0, 0.1) is 6.92 Å². The topological polar surface area (TPSA) is 77.1 Å². The molecule has 6 nitrogen and oxygen atoms in total. The van der Waals surface area contributed by atoms with E-state index in [0.29, 0.717) is 24.4 Å². The Morgan fingerprint density at radius 1 is 1.20 bits per heavy atom. The minimum absolute atomic E-state index is 0.150. The minimum atomic E-state index is -0.222. The minimum Gasteiger partial charge on any atom is -0.441 e. The maximum atomic E-state index is 12.1. The van der Waals surface area contributed by atoms with Crippen molar-refractivity contribution in [3.05, 3.63) is 76.0 Å². The van der Waals surface area contributed by atoms with E-state index in [9.17, 15) is 9.59 Å². The van der Waals surface area contributed by atoms with Gasteiger partial charge in [-0.15, -0.1) is 0 Å². The molecule has 3 aromatic rings. The molecule has 3 rings (SSSR count). The highest BCUT2D eigenvalue weighted by Gasteiger charge is 2.12. The van der Waals surface area contributed by atoms with E-state index < -0.39 is 0 Å². The van der Waals surface area contributed by atoms with Crippen molar-refractivity contribution in [1.82, 2.24) is 14.9 Å².